The lowest BCUT2D eigenvalue weighted by molar-refractivity contribution is -0.123. The fraction of sp³-hybridized carbons (Fsp3) is 0.900. The van der Waals surface area contributed by atoms with E-state index in [9.17, 15) is 9.18 Å². The number of nitrogens with one attached hydrogen (secondary N) is 1. The van der Waals surface area contributed by atoms with Gasteiger partial charge in [-0.25, -0.2) is 4.39 Å². The number of alkyl halides is 1. The first-order chi connectivity index (χ1) is 6.53. The first-order valence-electron chi connectivity index (χ1n) is 5.21. The molecule has 1 aliphatic rings. The summed E-state index contributed by atoms with van der Waals surface area (Å²) in [7, 11) is 0. The molecule has 1 amide bonds. The molecule has 1 heterocycles. The third-order valence-corrected chi connectivity index (χ3v) is 2.47. The van der Waals surface area contributed by atoms with Crippen LogP contribution >= 0.6 is 0 Å². The van der Waals surface area contributed by atoms with Crippen LogP contribution in [0.2, 0.25) is 0 Å². The van der Waals surface area contributed by atoms with Gasteiger partial charge in [-0.1, -0.05) is 0 Å². The Hall–Kier alpha value is -0.640. The third kappa shape index (κ3) is 3.62. The van der Waals surface area contributed by atoms with Gasteiger partial charge in [0.15, 0.2) is 0 Å². The van der Waals surface area contributed by atoms with E-state index in [2.05, 4.69) is 5.32 Å². The van der Waals surface area contributed by atoms with Crippen LogP contribution in [0.15, 0.2) is 0 Å². The van der Waals surface area contributed by atoms with E-state index in [0.717, 1.165) is 13.0 Å². The van der Waals surface area contributed by atoms with Gasteiger partial charge in [-0.2, -0.15) is 0 Å². The fourth-order valence-electron chi connectivity index (χ4n) is 1.89. The van der Waals surface area contributed by atoms with Crippen molar-refractivity contribution in [3.63, 3.8) is 0 Å². The number of nitrogens with zero attached hydrogens (tertiary/aromatic N) is 1. The summed E-state index contributed by atoms with van der Waals surface area (Å²) in [4.78, 5) is 13.1. The lowest BCUT2D eigenvalue weighted by atomic mass is 9.97. The molecule has 82 valence electrons. The molecule has 0 aromatic heterocycles. The van der Waals surface area contributed by atoms with E-state index in [-0.39, 0.29) is 5.91 Å². The van der Waals surface area contributed by atoms with E-state index in [1.807, 2.05) is 11.8 Å². The van der Waals surface area contributed by atoms with Gasteiger partial charge in [0.2, 0.25) is 5.91 Å². The maximum atomic E-state index is 13.6. The summed E-state index contributed by atoms with van der Waals surface area (Å²) >= 11 is 0. The van der Waals surface area contributed by atoms with E-state index in [4.69, 9.17) is 0 Å². The monoisotopic (exact) mass is 202 g/mol. The number of likely N-dealkylation sites (tertiary alicyclic amines) is 1. The number of carbonyl (C=O) groups is 1. The molecule has 1 unspecified atom stereocenters. The highest BCUT2D eigenvalue weighted by molar-refractivity contribution is 5.77. The number of carbonyl (C=O) groups excluding carboxylic acids is 1. The molecule has 0 aromatic rings. The molecule has 14 heavy (non-hydrogen) atoms. The normalized spacial score (nSPS) is 28.8. The fourth-order valence-corrected chi connectivity index (χ4v) is 1.89. The van der Waals surface area contributed by atoms with Crippen molar-refractivity contribution in [2.24, 2.45) is 0 Å². The number of likely N-dealkylation sites (N-methyl/N-ethyl adjacent to an activating group) is 1. The van der Waals surface area contributed by atoms with Crippen LogP contribution in [0.25, 0.3) is 0 Å². The third-order valence-electron chi connectivity index (χ3n) is 2.47. The van der Waals surface area contributed by atoms with Gasteiger partial charge in [0, 0.05) is 13.1 Å². The average Bonchev–Trinajstić information content (AvgIpc) is 2.02. The Morgan fingerprint density at radius 3 is 2.93 bits per heavy atom. The largest absolute Gasteiger partial charge is 0.355 e. The van der Waals surface area contributed by atoms with Crippen LogP contribution in [0.5, 0.6) is 0 Å². The van der Waals surface area contributed by atoms with Crippen LogP contribution in [-0.4, -0.2) is 42.7 Å². The Balaban J connectivity index is 2.34. The molecule has 1 N–H and O–H groups in total. The second kappa shape index (κ2) is 4.73. The predicted octanol–water partition coefficient (Wildman–Crippen LogP) is 0.946. The Morgan fingerprint density at radius 1 is 1.64 bits per heavy atom. The summed E-state index contributed by atoms with van der Waals surface area (Å²) in [5, 5.41) is 2.72. The summed E-state index contributed by atoms with van der Waals surface area (Å²) in [5.74, 6) is -0.00907. The van der Waals surface area contributed by atoms with Gasteiger partial charge >= 0.3 is 0 Å². The SMILES string of the molecule is CCNC(=O)CN1CCCC(C)(F)C1. The lowest BCUT2D eigenvalue weighted by Gasteiger charge is -2.34. The molecule has 0 aromatic carbocycles. The van der Waals surface area contributed by atoms with Crippen LogP contribution in [0.1, 0.15) is 26.7 Å². The maximum Gasteiger partial charge on any atom is 0.234 e. The Bertz CT molecular complexity index is 206. The van der Waals surface area contributed by atoms with Gasteiger partial charge in [0.1, 0.15) is 5.67 Å². The van der Waals surface area contributed by atoms with Crippen LogP contribution < -0.4 is 5.32 Å². The molecule has 0 bridgehead atoms. The van der Waals surface area contributed by atoms with Crippen molar-refractivity contribution in [1.29, 1.82) is 0 Å². The van der Waals surface area contributed by atoms with Crippen LogP contribution in [0.4, 0.5) is 4.39 Å². The highest BCUT2D eigenvalue weighted by Gasteiger charge is 2.30. The number of amides is 1. The second-order valence-corrected chi connectivity index (χ2v) is 4.18. The van der Waals surface area contributed by atoms with Crippen LogP contribution in [0, 0.1) is 0 Å². The lowest BCUT2D eigenvalue weighted by Crippen LogP contribution is -2.47. The molecular weight excluding hydrogens is 183 g/mol. The zero-order chi connectivity index (χ0) is 10.6. The molecule has 0 radical (unpaired) electrons. The van der Waals surface area contributed by atoms with Crippen LogP contribution in [0.3, 0.4) is 0 Å². The highest BCUT2D eigenvalue weighted by atomic mass is 19.1. The summed E-state index contributed by atoms with van der Waals surface area (Å²) in [6.45, 7) is 5.66. The minimum atomic E-state index is -1.12. The van der Waals surface area contributed by atoms with E-state index in [1.165, 1.54) is 0 Å². The van der Waals surface area contributed by atoms with Crippen molar-refractivity contribution in [2.75, 3.05) is 26.2 Å². The average molecular weight is 202 g/mol. The number of halogens is 1. The molecule has 1 aliphatic heterocycles. The van der Waals surface area contributed by atoms with E-state index in [1.54, 1.807) is 6.92 Å². The highest BCUT2D eigenvalue weighted by Crippen LogP contribution is 2.23. The number of hydrogen-bond acceptors (Lipinski definition) is 2. The van der Waals surface area contributed by atoms with Crippen LogP contribution in [-0.2, 0) is 4.79 Å². The first kappa shape index (κ1) is 11.4. The van der Waals surface area contributed by atoms with Gasteiger partial charge in [0.25, 0.3) is 0 Å². The van der Waals surface area contributed by atoms with Gasteiger partial charge < -0.3 is 5.32 Å². The van der Waals surface area contributed by atoms with E-state index >= 15 is 0 Å². The number of piperidine rings is 1. The molecule has 1 atom stereocenters. The quantitative estimate of drug-likeness (QED) is 0.739. The zero-order valence-electron chi connectivity index (χ0n) is 8.98. The smallest absolute Gasteiger partial charge is 0.234 e. The standard InChI is InChI=1S/C10H19FN2O/c1-3-12-9(14)7-13-6-4-5-10(2,11)8-13/h3-8H2,1-2H3,(H,12,14). The molecule has 0 spiro atoms. The first-order valence-corrected chi connectivity index (χ1v) is 5.21. The van der Waals surface area contributed by atoms with Crippen molar-refractivity contribution in [3.8, 4) is 0 Å². The van der Waals surface area contributed by atoms with E-state index in [0.29, 0.717) is 26.1 Å². The summed E-state index contributed by atoms with van der Waals surface area (Å²) in [6, 6.07) is 0. The molecule has 0 saturated carbocycles. The second-order valence-electron chi connectivity index (χ2n) is 4.18. The number of hydrogen-bond donors (Lipinski definition) is 1. The van der Waals surface area contributed by atoms with Crippen molar-refractivity contribution < 1.29 is 9.18 Å². The van der Waals surface area contributed by atoms with Crippen molar-refractivity contribution in [1.82, 2.24) is 10.2 Å². The molecule has 3 nitrogen and oxygen atoms in total. The van der Waals surface area contributed by atoms with E-state index < -0.39 is 5.67 Å². The van der Waals surface area contributed by atoms with Gasteiger partial charge in [-0.15, -0.1) is 0 Å². The van der Waals surface area contributed by atoms with Crippen molar-refractivity contribution in [3.05, 3.63) is 0 Å². The minimum absolute atomic E-state index is 0.00907. The molecular formula is C10H19FN2O. The minimum Gasteiger partial charge on any atom is -0.355 e. The Kier molecular flexibility index (Phi) is 3.86. The predicted molar refractivity (Wildman–Crippen MR) is 53.9 cm³/mol. The van der Waals surface area contributed by atoms with Gasteiger partial charge in [-0.05, 0) is 33.2 Å². The molecule has 4 heteroatoms. The summed E-state index contributed by atoms with van der Waals surface area (Å²) in [6.07, 6.45) is 1.45. The molecule has 0 aliphatic carbocycles. The van der Waals surface area contributed by atoms with Crippen molar-refractivity contribution >= 4 is 5.91 Å². The Labute approximate surface area is 84.7 Å². The molecule has 1 rings (SSSR count). The number of rotatable bonds is 3. The molecule has 1 saturated heterocycles. The molecule has 1 fully saturated rings. The zero-order valence-corrected chi connectivity index (χ0v) is 8.98. The van der Waals surface area contributed by atoms with Crippen molar-refractivity contribution in [2.45, 2.75) is 32.4 Å². The topological polar surface area (TPSA) is 32.3 Å². The van der Waals surface area contributed by atoms with Gasteiger partial charge in [0.05, 0.1) is 6.54 Å². The summed E-state index contributed by atoms with van der Waals surface area (Å²) in [5.41, 5.74) is -1.12. The maximum absolute atomic E-state index is 13.6. The Morgan fingerprint density at radius 2 is 2.36 bits per heavy atom. The van der Waals surface area contributed by atoms with Gasteiger partial charge in [-0.3, -0.25) is 9.69 Å². The summed E-state index contributed by atoms with van der Waals surface area (Å²) < 4.78 is 13.6.